The molecule has 76 valence electrons. The lowest BCUT2D eigenvalue weighted by atomic mass is 10.3. The van der Waals surface area contributed by atoms with Gasteiger partial charge in [-0.2, -0.15) is 0 Å². The predicted octanol–water partition coefficient (Wildman–Crippen LogP) is 1.60. The number of rotatable bonds is 4. The van der Waals surface area contributed by atoms with E-state index in [1.54, 1.807) is 0 Å². The first kappa shape index (κ1) is 9.52. The number of hydrogen-bond acceptors (Lipinski definition) is 3. The highest BCUT2D eigenvalue weighted by molar-refractivity contribution is 6.31. The summed E-state index contributed by atoms with van der Waals surface area (Å²) in [5.74, 6) is 1.03. The second kappa shape index (κ2) is 4.00. The van der Waals surface area contributed by atoms with Crippen LogP contribution < -0.4 is 10.3 Å². The van der Waals surface area contributed by atoms with Gasteiger partial charge in [0.1, 0.15) is 0 Å². The Morgan fingerprint density at radius 3 is 3.14 bits per heavy atom. The van der Waals surface area contributed by atoms with E-state index in [0.717, 1.165) is 12.3 Å². The monoisotopic (exact) mass is 214 g/mol. The quantitative estimate of drug-likeness (QED) is 0.829. The van der Waals surface area contributed by atoms with Crippen molar-refractivity contribution < 1.29 is 4.74 Å². The Balaban J connectivity index is 1.93. The summed E-state index contributed by atoms with van der Waals surface area (Å²) < 4.78 is 5.31. The average Bonchev–Trinajstić information content (AvgIpc) is 2.96. The van der Waals surface area contributed by atoms with E-state index in [1.165, 1.54) is 19.2 Å². The highest BCUT2D eigenvalue weighted by atomic mass is 35.5. The highest BCUT2D eigenvalue weighted by Crippen LogP contribution is 2.32. The summed E-state index contributed by atoms with van der Waals surface area (Å²) >= 11 is 5.69. The Morgan fingerprint density at radius 1 is 1.64 bits per heavy atom. The average molecular weight is 215 g/mol. The normalized spacial score (nSPS) is 15.5. The number of H-pyrrole nitrogens is 1. The Labute approximate surface area is 86.3 Å². The van der Waals surface area contributed by atoms with Gasteiger partial charge in [0.2, 0.25) is 5.88 Å². The van der Waals surface area contributed by atoms with Gasteiger partial charge in [-0.3, -0.25) is 4.79 Å². The highest BCUT2D eigenvalue weighted by Gasteiger charge is 2.21. The van der Waals surface area contributed by atoms with Gasteiger partial charge in [0.15, 0.2) is 5.02 Å². The smallest absolute Gasteiger partial charge is 0.273 e. The van der Waals surface area contributed by atoms with Crippen molar-refractivity contribution in [1.82, 2.24) is 9.97 Å². The molecule has 0 radical (unpaired) electrons. The molecule has 1 N–H and O–H groups in total. The number of aromatic nitrogens is 2. The first-order valence-corrected chi connectivity index (χ1v) is 5.01. The molecule has 14 heavy (non-hydrogen) atoms. The van der Waals surface area contributed by atoms with Crippen molar-refractivity contribution in [2.75, 3.05) is 6.61 Å². The molecule has 0 saturated heterocycles. The summed E-state index contributed by atoms with van der Waals surface area (Å²) in [4.78, 5) is 17.3. The minimum Gasteiger partial charge on any atom is -0.476 e. The number of nitrogens with zero attached hydrogens (tertiary/aromatic N) is 1. The summed E-state index contributed by atoms with van der Waals surface area (Å²) in [7, 11) is 0. The van der Waals surface area contributed by atoms with Crippen LogP contribution in [0.2, 0.25) is 5.02 Å². The lowest BCUT2D eigenvalue weighted by Gasteiger charge is -2.04. The van der Waals surface area contributed by atoms with E-state index < -0.39 is 0 Å². The van der Waals surface area contributed by atoms with Crippen LogP contribution >= 0.6 is 11.6 Å². The number of ether oxygens (including phenoxy) is 1. The molecule has 0 spiro atoms. The number of nitrogens with one attached hydrogen (secondary N) is 1. The van der Waals surface area contributed by atoms with E-state index in [-0.39, 0.29) is 16.5 Å². The molecular formula is C9H11ClN2O2. The Kier molecular flexibility index (Phi) is 2.72. The van der Waals surface area contributed by atoms with Crippen molar-refractivity contribution in [3.63, 3.8) is 0 Å². The zero-order valence-electron chi connectivity index (χ0n) is 7.62. The van der Waals surface area contributed by atoms with Gasteiger partial charge in [0.05, 0.1) is 12.9 Å². The van der Waals surface area contributed by atoms with Crippen LogP contribution in [0.1, 0.15) is 19.3 Å². The van der Waals surface area contributed by atoms with E-state index in [1.807, 2.05) is 0 Å². The lowest BCUT2D eigenvalue weighted by molar-refractivity contribution is 0.290. The summed E-state index contributed by atoms with van der Waals surface area (Å²) in [6.07, 6.45) is 4.89. The van der Waals surface area contributed by atoms with Gasteiger partial charge in [-0.05, 0) is 12.3 Å². The molecule has 0 atom stereocenters. The molecule has 1 fully saturated rings. The van der Waals surface area contributed by atoms with Gasteiger partial charge in [-0.25, -0.2) is 4.98 Å². The molecule has 2 rings (SSSR count). The van der Waals surface area contributed by atoms with Crippen LogP contribution in [0.5, 0.6) is 5.88 Å². The van der Waals surface area contributed by atoms with Gasteiger partial charge in [-0.15, -0.1) is 0 Å². The van der Waals surface area contributed by atoms with Crippen molar-refractivity contribution >= 4 is 11.6 Å². The van der Waals surface area contributed by atoms with Crippen molar-refractivity contribution in [1.29, 1.82) is 0 Å². The van der Waals surface area contributed by atoms with Crippen molar-refractivity contribution in [2.45, 2.75) is 19.3 Å². The number of hydrogen-bond donors (Lipinski definition) is 1. The largest absolute Gasteiger partial charge is 0.476 e. The standard InChI is InChI=1S/C9H11ClN2O2/c10-7-8(13)11-5-12-9(7)14-4-3-6-1-2-6/h5-6H,1-4H2,(H,11,12,13). The molecular weight excluding hydrogens is 204 g/mol. The fourth-order valence-electron chi connectivity index (χ4n) is 1.20. The topological polar surface area (TPSA) is 55.0 Å². The summed E-state index contributed by atoms with van der Waals surface area (Å²) in [5.41, 5.74) is -0.358. The maximum Gasteiger partial charge on any atom is 0.273 e. The molecule has 0 amide bonds. The van der Waals surface area contributed by atoms with E-state index in [4.69, 9.17) is 16.3 Å². The molecule has 0 aliphatic heterocycles. The fourth-order valence-corrected chi connectivity index (χ4v) is 1.35. The minimum atomic E-state index is -0.358. The zero-order chi connectivity index (χ0) is 9.97. The van der Waals surface area contributed by atoms with Crippen LogP contribution in [0, 0.1) is 5.92 Å². The first-order valence-electron chi connectivity index (χ1n) is 4.63. The van der Waals surface area contributed by atoms with Crippen LogP contribution in [0.3, 0.4) is 0 Å². The molecule has 1 aliphatic carbocycles. The second-order valence-corrected chi connectivity index (χ2v) is 3.81. The molecule has 0 aromatic carbocycles. The molecule has 1 aromatic heterocycles. The fraction of sp³-hybridized carbons (Fsp3) is 0.556. The molecule has 1 saturated carbocycles. The third-order valence-corrected chi connectivity index (χ3v) is 2.56. The maximum absolute atomic E-state index is 11.0. The molecule has 1 heterocycles. The van der Waals surface area contributed by atoms with Gasteiger partial charge in [-0.1, -0.05) is 24.4 Å². The van der Waals surface area contributed by atoms with Crippen LogP contribution in [0.25, 0.3) is 0 Å². The van der Waals surface area contributed by atoms with E-state index in [2.05, 4.69) is 9.97 Å². The Morgan fingerprint density at radius 2 is 2.43 bits per heavy atom. The van der Waals surface area contributed by atoms with Gasteiger partial charge >= 0.3 is 0 Å². The first-order chi connectivity index (χ1) is 6.77. The summed E-state index contributed by atoms with van der Waals surface area (Å²) in [6, 6.07) is 0. The third-order valence-electron chi connectivity index (χ3n) is 2.23. The lowest BCUT2D eigenvalue weighted by Crippen LogP contribution is -2.10. The van der Waals surface area contributed by atoms with Gasteiger partial charge in [0.25, 0.3) is 5.56 Å². The second-order valence-electron chi connectivity index (χ2n) is 3.43. The molecule has 1 aromatic rings. The zero-order valence-corrected chi connectivity index (χ0v) is 8.38. The Hall–Kier alpha value is -1.03. The van der Waals surface area contributed by atoms with Crippen molar-refractivity contribution in [3.8, 4) is 5.88 Å². The van der Waals surface area contributed by atoms with Crippen LogP contribution in [-0.4, -0.2) is 16.6 Å². The van der Waals surface area contributed by atoms with E-state index in [9.17, 15) is 4.79 Å². The number of halogens is 1. The van der Waals surface area contributed by atoms with Gasteiger partial charge in [0, 0.05) is 0 Å². The molecule has 0 unspecified atom stereocenters. The summed E-state index contributed by atoms with van der Waals surface area (Å²) in [5, 5.41) is 0.0308. The molecule has 4 nitrogen and oxygen atoms in total. The minimum absolute atomic E-state index is 0.0308. The van der Waals surface area contributed by atoms with Crippen molar-refractivity contribution in [3.05, 3.63) is 21.7 Å². The molecule has 1 aliphatic rings. The third kappa shape index (κ3) is 2.26. The summed E-state index contributed by atoms with van der Waals surface area (Å²) in [6.45, 7) is 0.584. The van der Waals surface area contributed by atoms with Crippen LogP contribution in [0.15, 0.2) is 11.1 Å². The van der Waals surface area contributed by atoms with Crippen molar-refractivity contribution in [2.24, 2.45) is 5.92 Å². The maximum atomic E-state index is 11.0. The number of aromatic amines is 1. The SMILES string of the molecule is O=c1[nH]cnc(OCCC2CC2)c1Cl. The van der Waals surface area contributed by atoms with Crippen LogP contribution in [0.4, 0.5) is 0 Å². The van der Waals surface area contributed by atoms with Crippen LogP contribution in [-0.2, 0) is 0 Å². The molecule has 5 heteroatoms. The van der Waals surface area contributed by atoms with E-state index >= 15 is 0 Å². The van der Waals surface area contributed by atoms with E-state index in [0.29, 0.717) is 6.61 Å². The van der Waals surface area contributed by atoms with Gasteiger partial charge < -0.3 is 9.72 Å². The predicted molar refractivity (Wildman–Crippen MR) is 52.7 cm³/mol. The molecule has 0 bridgehead atoms. The Bertz CT molecular complexity index is 373.